The minimum Gasteiger partial charge on any atom is -0.342 e. The Bertz CT molecular complexity index is 1140. The number of anilines is 1. The molecule has 0 spiro atoms. The van der Waals surface area contributed by atoms with Gasteiger partial charge in [0.1, 0.15) is 0 Å². The first-order valence-electron chi connectivity index (χ1n) is 9.97. The molecule has 0 saturated carbocycles. The van der Waals surface area contributed by atoms with E-state index in [9.17, 15) is 9.59 Å². The van der Waals surface area contributed by atoms with Gasteiger partial charge in [-0.2, -0.15) is 0 Å². The van der Waals surface area contributed by atoms with Crippen molar-refractivity contribution in [1.82, 2.24) is 20.1 Å². The van der Waals surface area contributed by atoms with E-state index in [0.29, 0.717) is 28.1 Å². The lowest BCUT2D eigenvalue weighted by Crippen LogP contribution is -2.29. The second kappa shape index (κ2) is 10.8. The Kier molecular flexibility index (Phi) is 8.17. The van der Waals surface area contributed by atoms with Gasteiger partial charge >= 0.3 is 0 Å². The summed E-state index contributed by atoms with van der Waals surface area (Å²) in [5, 5.41) is 15.6. The second-order valence-corrected chi connectivity index (χ2v) is 8.84. The number of nitrogens with zero attached hydrogens (tertiary/aromatic N) is 3. The molecule has 0 bridgehead atoms. The van der Waals surface area contributed by atoms with Gasteiger partial charge < -0.3 is 15.2 Å². The van der Waals surface area contributed by atoms with Gasteiger partial charge in [-0.05, 0) is 50.6 Å². The van der Waals surface area contributed by atoms with Crippen molar-refractivity contribution in [3.8, 4) is 0 Å². The second-order valence-electron chi connectivity index (χ2n) is 7.06. The molecular weight excluding hydrogens is 469 g/mol. The molecule has 1 atom stereocenters. The number of halogens is 2. The van der Waals surface area contributed by atoms with Crippen molar-refractivity contribution in [2.75, 3.05) is 11.1 Å². The highest BCUT2D eigenvalue weighted by atomic mass is 35.5. The smallest absolute Gasteiger partial charge is 0.253 e. The summed E-state index contributed by atoms with van der Waals surface area (Å²) in [6.07, 6.45) is 0. The van der Waals surface area contributed by atoms with Crippen LogP contribution in [0.4, 0.5) is 5.69 Å². The van der Waals surface area contributed by atoms with Crippen molar-refractivity contribution in [2.24, 2.45) is 0 Å². The van der Waals surface area contributed by atoms with Crippen LogP contribution in [0.15, 0.2) is 47.6 Å². The molecule has 10 heteroatoms. The Morgan fingerprint density at radius 2 is 1.91 bits per heavy atom. The standard InChI is InChI=1S/C22H23Cl2N5O2S/c1-4-29-20(14(3)25-21(31)16-10-9-15(23)11-17(16)24)27-28-22(29)32-12-19(30)26-18-8-6-5-7-13(18)2/h5-11,14H,4,12H2,1-3H3,(H,25,31)(H,26,30)/t14-/m1/s1. The van der Waals surface area contributed by atoms with Gasteiger partial charge in [0.2, 0.25) is 5.91 Å². The van der Waals surface area contributed by atoms with E-state index in [2.05, 4.69) is 20.8 Å². The maximum Gasteiger partial charge on any atom is 0.253 e. The number of amides is 2. The molecule has 2 N–H and O–H groups in total. The van der Waals surface area contributed by atoms with Crippen LogP contribution in [0, 0.1) is 6.92 Å². The number of nitrogens with one attached hydrogen (secondary N) is 2. The number of aryl methyl sites for hydroxylation is 1. The number of para-hydroxylation sites is 1. The monoisotopic (exact) mass is 491 g/mol. The Hall–Kier alpha value is -2.55. The third-order valence-electron chi connectivity index (χ3n) is 4.72. The first kappa shape index (κ1) is 24.1. The summed E-state index contributed by atoms with van der Waals surface area (Å²) in [7, 11) is 0. The summed E-state index contributed by atoms with van der Waals surface area (Å²) in [5.41, 5.74) is 2.11. The lowest BCUT2D eigenvalue weighted by Gasteiger charge is -2.15. The van der Waals surface area contributed by atoms with Crippen LogP contribution < -0.4 is 10.6 Å². The van der Waals surface area contributed by atoms with Crippen LogP contribution >= 0.6 is 35.0 Å². The van der Waals surface area contributed by atoms with Crippen LogP contribution in [0.5, 0.6) is 0 Å². The van der Waals surface area contributed by atoms with Crippen molar-refractivity contribution < 1.29 is 9.59 Å². The number of benzene rings is 2. The van der Waals surface area contributed by atoms with Crippen LogP contribution in [0.1, 0.15) is 41.6 Å². The molecular formula is C22H23Cl2N5O2S. The number of carbonyl (C=O) groups is 2. The van der Waals surface area contributed by atoms with Crippen LogP contribution in [-0.2, 0) is 11.3 Å². The SMILES string of the molecule is CCn1c(SCC(=O)Nc2ccccc2C)nnc1[C@@H](C)NC(=O)c1ccc(Cl)cc1Cl. The van der Waals surface area contributed by atoms with E-state index in [1.807, 2.05) is 49.6 Å². The highest BCUT2D eigenvalue weighted by molar-refractivity contribution is 7.99. The molecule has 0 radical (unpaired) electrons. The van der Waals surface area contributed by atoms with Gasteiger partial charge in [-0.25, -0.2) is 0 Å². The number of aromatic nitrogens is 3. The molecule has 1 aromatic heterocycles. The normalized spacial score (nSPS) is 11.8. The molecule has 0 aliphatic carbocycles. The molecule has 0 aliphatic rings. The Balaban J connectivity index is 1.65. The minimum absolute atomic E-state index is 0.129. The highest BCUT2D eigenvalue weighted by Gasteiger charge is 2.21. The van der Waals surface area contributed by atoms with Crippen molar-refractivity contribution in [3.05, 3.63) is 69.5 Å². The van der Waals surface area contributed by atoms with Gasteiger partial charge in [-0.15, -0.1) is 10.2 Å². The maximum atomic E-state index is 12.6. The van der Waals surface area contributed by atoms with Crippen LogP contribution in [0.3, 0.4) is 0 Å². The van der Waals surface area contributed by atoms with E-state index < -0.39 is 6.04 Å². The Labute approximate surface area is 200 Å². The predicted molar refractivity (Wildman–Crippen MR) is 129 cm³/mol. The van der Waals surface area contributed by atoms with Crippen LogP contribution in [-0.4, -0.2) is 32.3 Å². The summed E-state index contributed by atoms with van der Waals surface area (Å²) >= 11 is 13.3. The fourth-order valence-electron chi connectivity index (χ4n) is 3.07. The van der Waals surface area contributed by atoms with E-state index in [-0.39, 0.29) is 22.6 Å². The molecule has 32 heavy (non-hydrogen) atoms. The molecule has 0 saturated heterocycles. The summed E-state index contributed by atoms with van der Waals surface area (Å²) in [5.74, 6) is 0.313. The number of carbonyl (C=O) groups excluding carboxylic acids is 2. The number of thioether (sulfide) groups is 1. The van der Waals surface area contributed by atoms with Gasteiger partial charge in [0.25, 0.3) is 5.91 Å². The van der Waals surface area contributed by atoms with E-state index in [1.165, 1.54) is 17.8 Å². The third-order valence-corrected chi connectivity index (χ3v) is 6.24. The fraction of sp³-hybridized carbons (Fsp3) is 0.273. The largest absolute Gasteiger partial charge is 0.342 e. The summed E-state index contributed by atoms with van der Waals surface area (Å²) in [6.45, 7) is 6.30. The lowest BCUT2D eigenvalue weighted by molar-refractivity contribution is -0.113. The average Bonchev–Trinajstić information content (AvgIpc) is 3.17. The predicted octanol–water partition coefficient (Wildman–Crippen LogP) is 5.14. The van der Waals surface area contributed by atoms with E-state index in [4.69, 9.17) is 23.2 Å². The number of hydrogen-bond acceptors (Lipinski definition) is 5. The first-order valence-corrected chi connectivity index (χ1v) is 11.7. The van der Waals surface area contributed by atoms with E-state index >= 15 is 0 Å². The number of rotatable bonds is 8. The van der Waals surface area contributed by atoms with E-state index in [1.54, 1.807) is 12.1 Å². The van der Waals surface area contributed by atoms with Crippen molar-refractivity contribution in [1.29, 1.82) is 0 Å². The van der Waals surface area contributed by atoms with Crippen molar-refractivity contribution in [3.63, 3.8) is 0 Å². The van der Waals surface area contributed by atoms with Gasteiger partial charge in [0.15, 0.2) is 11.0 Å². The van der Waals surface area contributed by atoms with Gasteiger partial charge in [-0.3, -0.25) is 9.59 Å². The van der Waals surface area contributed by atoms with Crippen LogP contribution in [0.2, 0.25) is 10.0 Å². The maximum absolute atomic E-state index is 12.6. The molecule has 2 amide bonds. The Morgan fingerprint density at radius 3 is 2.59 bits per heavy atom. The molecule has 3 aromatic rings. The fourth-order valence-corrected chi connectivity index (χ4v) is 4.37. The molecule has 168 valence electrons. The minimum atomic E-state index is -0.420. The zero-order valence-electron chi connectivity index (χ0n) is 17.9. The zero-order chi connectivity index (χ0) is 23.3. The van der Waals surface area contributed by atoms with Crippen molar-refractivity contribution in [2.45, 2.75) is 38.5 Å². The van der Waals surface area contributed by atoms with Gasteiger partial charge in [0.05, 0.1) is 22.4 Å². The Morgan fingerprint density at radius 1 is 1.16 bits per heavy atom. The quantitative estimate of drug-likeness (QED) is 0.426. The molecule has 2 aromatic carbocycles. The lowest BCUT2D eigenvalue weighted by atomic mass is 10.2. The van der Waals surface area contributed by atoms with Gasteiger partial charge in [-0.1, -0.05) is 53.2 Å². The van der Waals surface area contributed by atoms with Gasteiger partial charge in [0, 0.05) is 17.3 Å². The summed E-state index contributed by atoms with van der Waals surface area (Å²) < 4.78 is 1.88. The average molecular weight is 492 g/mol. The first-order chi connectivity index (χ1) is 15.3. The molecule has 7 nitrogen and oxygen atoms in total. The third kappa shape index (κ3) is 5.82. The topological polar surface area (TPSA) is 88.9 Å². The molecule has 0 fully saturated rings. The summed E-state index contributed by atoms with van der Waals surface area (Å²) in [6, 6.07) is 11.9. The molecule has 1 heterocycles. The molecule has 0 aliphatic heterocycles. The van der Waals surface area contributed by atoms with Crippen molar-refractivity contribution >= 4 is 52.5 Å². The zero-order valence-corrected chi connectivity index (χ0v) is 20.2. The highest BCUT2D eigenvalue weighted by Crippen LogP contribution is 2.24. The summed E-state index contributed by atoms with van der Waals surface area (Å²) in [4.78, 5) is 25.0. The molecule has 3 rings (SSSR count). The molecule has 0 unspecified atom stereocenters. The van der Waals surface area contributed by atoms with E-state index in [0.717, 1.165) is 11.3 Å². The van der Waals surface area contributed by atoms with Crippen LogP contribution in [0.25, 0.3) is 0 Å². The number of hydrogen-bond donors (Lipinski definition) is 2.